The molecule has 92 valence electrons. The molecule has 6 heteroatoms. The van der Waals surface area contributed by atoms with Crippen molar-refractivity contribution in [1.82, 2.24) is 4.72 Å². The van der Waals surface area contributed by atoms with Gasteiger partial charge in [0.25, 0.3) is 0 Å². The molecular weight excluding hydrogens is 230 g/mol. The van der Waals surface area contributed by atoms with Crippen molar-refractivity contribution in [3.63, 3.8) is 0 Å². The molecule has 0 aromatic rings. The van der Waals surface area contributed by atoms with Crippen LogP contribution in [0.5, 0.6) is 0 Å². The highest BCUT2D eigenvalue weighted by molar-refractivity contribution is 7.89. The van der Waals surface area contributed by atoms with Gasteiger partial charge in [-0.15, -0.1) is 0 Å². The van der Waals surface area contributed by atoms with Gasteiger partial charge in [0.1, 0.15) is 5.78 Å². The Morgan fingerprint density at radius 1 is 1.25 bits per heavy atom. The number of ketones is 1. The topological polar surface area (TPSA) is 80.3 Å². The number of nitrogens with one attached hydrogen (secondary N) is 1. The molecule has 0 spiro atoms. The third kappa shape index (κ3) is 2.42. The maximum atomic E-state index is 11.6. The summed E-state index contributed by atoms with van der Waals surface area (Å²) < 4.78 is 23.8. The molecule has 1 rings (SSSR count). The van der Waals surface area contributed by atoms with Crippen molar-refractivity contribution < 1.29 is 18.0 Å². The van der Waals surface area contributed by atoms with Crippen LogP contribution in [0.3, 0.4) is 0 Å². The molecule has 1 saturated carbocycles. The van der Waals surface area contributed by atoms with E-state index in [2.05, 4.69) is 0 Å². The summed E-state index contributed by atoms with van der Waals surface area (Å²) in [5.74, 6) is -1.02. The standard InChI is InChI=1S/C10H17NO4S/c1-6(12)7-5-8(10(7,2)3)9(13)11-16(4,14)15/h7-8H,5H2,1-4H3,(H,11,13)/t7-,8+/m0/s1. The number of carbonyl (C=O) groups is 2. The Morgan fingerprint density at radius 3 is 2.06 bits per heavy atom. The Bertz CT molecular complexity index is 424. The molecule has 5 nitrogen and oxygen atoms in total. The lowest BCUT2D eigenvalue weighted by Crippen LogP contribution is -2.55. The average molecular weight is 247 g/mol. The minimum absolute atomic E-state index is 0.0494. The van der Waals surface area contributed by atoms with Crippen LogP contribution in [0, 0.1) is 17.3 Å². The Hall–Kier alpha value is -0.910. The SMILES string of the molecule is CC(=O)[C@@H]1C[C@H](C(=O)NS(C)(=O)=O)C1(C)C. The molecule has 1 N–H and O–H groups in total. The van der Waals surface area contributed by atoms with E-state index in [1.807, 2.05) is 18.6 Å². The minimum atomic E-state index is -3.52. The third-order valence-electron chi connectivity index (χ3n) is 3.36. The summed E-state index contributed by atoms with van der Waals surface area (Å²) in [5.41, 5.74) is -0.458. The van der Waals surface area contributed by atoms with E-state index >= 15 is 0 Å². The van der Waals surface area contributed by atoms with Crippen LogP contribution in [-0.4, -0.2) is 26.4 Å². The third-order valence-corrected chi connectivity index (χ3v) is 3.93. The van der Waals surface area contributed by atoms with Crippen LogP contribution in [0.1, 0.15) is 27.2 Å². The smallest absolute Gasteiger partial charge is 0.237 e. The highest BCUT2D eigenvalue weighted by Gasteiger charge is 2.53. The Kier molecular flexibility index (Phi) is 3.15. The number of carbonyl (C=O) groups excluding carboxylic acids is 2. The normalized spacial score (nSPS) is 28.0. The number of hydrogen-bond acceptors (Lipinski definition) is 4. The first-order valence-corrected chi connectivity index (χ1v) is 6.97. The second kappa shape index (κ2) is 3.84. The molecule has 1 fully saturated rings. The van der Waals surface area contributed by atoms with E-state index in [0.29, 0.717) is 6.42 Å². The fraction of sp³-hybridized carbons (Fsp3) is 0.800. The molecule has 0 heterocycles. The summed E-state index contributed by atoms with van der Waals surface area (Å²) >= 11 is 0. The Labute approximate surface area is 95.7 Å². The molecule has 0 bridgehead atoms. The van der Waals surface area contributed by atoms with Crippen LogP contribution in [-0.2, 0) is 19.6 Å². The van der Waals surface area contributed by atoms with Crippen LogP contribution in [0.2, 0.25) is 0 Å². The Balaban J connectivity index is 2.74. The zero-order valence-electron chi connectivity index (χ0n) is 9.90. The van der Waals surface area contributed by atoms with Crippen molar-refractivity contribution in [2.24, 2.45) is 17.3 Å². The van der Waals surface area contributed by atoms with E-state index in [-0.39, 0.29) is 11.7 Å². The van der Waals surface area contributed by atoms with Gasteiger partial charge in [-0.1, -0.05) is 13.8 Å². The second-order valence-electron chi connectivity index (χ2n) is 5.01. The largest absolute Gasteiger partial charge is 0.300 e. The number of hydrogen-bond donors (Lipinski definition) is 1. The number of sulfonamides is 1. The molecule has 16 heavy (non-hydrogen) atoms. The van der Waals surface area contributed by atoms with Crippen LogP contribution < -0.4 is 4.72 Å². The van der Waals surface area contributed by atoms with E-state index in [1.165, 1.54) is 6.92 Å². The predicted octanol–water partition coefficient (Wildman–Crippen LogP) is 0.313. The van der Waals surface area contributed by atoms with Crippen molar-refractivity contribution in [2.45, 2.75) is 27.2 Å². The minimum Gasteiger partial charge on any atom is -0.300 e. The molecule has 1 aliphatic rings. The molecular formula is C10H17NO4S. The Morgan fingerprint density at radius 2 is 1.75 bits per heavy atom. The lowest BCUT2D eigenvalue weighted by molar-refractivity contribution is -0.147. The molecule has 0 aromatic carbocycles. The molecule has 0 radical (unpaired) electrons. The van der Waals surface area contributed by atoms with Gasteiger partial charge in [-0.25, -0.2) is 8.42 Å². The monoisotopic (exact) mass is 247 g/mol. The molecule has 0 saturated heterocycles. The van der Waals surface area contributed by atoms with Gasteiger partial charge in [0.15, 0.2) is 0 Å². The van der Waals surface area contributed by atoms with Gasteiger partial charge in [0, 0.05) is 11.8 Å². The summed E-state index contributed by atoms with van der Waals surface area (Å²) in [7, 11) is -3.52. The zero-order valence-corrected chi connectivity index (χ0v) is 10.7. The summed E-state index contributed by atoms with van der Waals surface area (Å²) in [5, 5.41) is 0. The van der Waals surface area contributed by atoms with E-state index in [4.69, 9.17) is 0 Å². The van der Waals surface area contributed by atoms with E-state index in [9.17, 15) is 18.0 Å². The van der Waals surface area contributed by atoms with Gasteiger partial charge in [0.2, 0.25) is 15.9 Å². The summed E-state index contributed by atoms with van der Waals surface area (Å²) in [6, 6.07) is 0. The highest BCUT2D eigenvalue weighted by atomic mass is 32.2. The van der Waals surface area contributed by atoms with E-state index in [0.717, 1.165) is 6.26 Å². The van der Waals surface area contributed by atoms with Gasteiger partial charge in [0.05, 0.1) is 6.26 Å². The van der Waals surface area contributed by atoms with Crippen LogP contribution >= 0.6 is 0 Å². The quantitative estimate of drug-likeness (QED) is 0.778. The highest BCUT2D eigenvalue weighted by Crippen LogP contribution is 2.51. The first-order valence-electron chi connectivity index (χ1n) is 5.08. The number of rotatable bonds is 3. The van der Waals surface area contributed by atoms with Crippen LogP contribution in [0.15, 0.2) is 0 Å². The summed E-state index contributed by atoms with van der Waals surface area (Å²) in [6.07, 6.45) is 1.38. The van der Waals surface area contributed by atoms with Crippen LogP contribution in [0.25, 0.3) is 0 Å². The van der Waals surface area contributed by atoms with Crippen molar-refractivity contribution in [3.8, 4) is 0 Å². The first-order chi connectivity index (χ1) is 7.05. The predicted molar refractivity (Wildman–Crippen MR) is 59.0 cm³/mol. The fourth-order valence-electron chi connectivity index (χ4n) is 2.31. The summed E-state index contributed by atoms with van der Waals surface area (Å²) in [6.45, 7) is 5.13. The van der Waals surface area contributed by atoms with Gasteiger partial charge < -0.3 is 0 Å². The van der Waals surface area contributed by atoms with Crippen molar-refractivity contribution >= 4 is 21.7 Å². The van der Waals surface area contributed by atoms with Gasteiger partial charge in [-0.2, -0.15) is 0 Å². The van der Waals surface area contributed by atoms with E-state index in [1.54, 1.807) is 0 Å². The van der Waals surface area contributed by atoms with Crippen molar-refractivity contribution in [2.75, 3.05) is 6.26 Å². The lowest BCUT2D eigenvalue weighted by atomic mass is 9.53. The maximum Gasteiger partial charge on any atom is 0.237 e. The van der Waals surface area contributed by atoms with Gasteiger partial charge in [-0.05, 0) is 18.8 Å². The molecule has 0 unspecified atom stereocenters. The number of amides is 1. The summed E-state index contributed by atoms with van der Waals surface area (Å²) in [4.78, 5) is 22.9. The van der Waals surface area contributed by atoms with Crippen LogP contribution in [0.4, 0.5) is 0 Å². The zero-order chi connectivity index (χ0) is 12.7. The van der Waals surface area contributed by atoms with Gasteiger partial charge >= 0.3 is 0 Å². The number of Topliss-reactive ketones (excluding diaryl/α,β-unsaturated/α-hetero) is 1. The van der Waals surface area contributed by atoms with Crippen molar-refractivity contribution in [3.05, 3.63) is 0 Å². The second-order valence-corrected chi connectivity index (χ2v) is 6.76. The molecule has 1 amide bonds. The maximum absolute atomic E-state index is 11.6. The molecule has 2 atom stereocenters. The average Bonchev–Trinajstić information content (AvgIpc) is 1.97. The fourth-order valence-corrected chi connectivity index (χ4v) is 2.82. The lowest BCUT2D eigenvalue weighted by Gasteiger charge is -2.49. The van der Waals surface area contributed by atoms with Crippen molar-refractivity contribution in [1.29, 1.82) is 0 Å². The van der Waals surface area contributed by atoms with E-state index < -0.39 is 27.3 Å². The molecule has 0 aliphatic heterocycles. The van der Waals surface area contributed by atoms with Gasteiger partial charge in [-0.3, -0.25) is 14.3 Å². The molecule has 1 aliphatic carbocycles. The first kappa shape index (κ1) is 13.2. The molecule has 0 aromatic heterocycles.